The van der Waals surface area contributed by atoms with E-state index in [0.29, 0.717) is 46.0 Å². The largest absolute Gasteiger partial charge is 0.493 e. The Hall–Kier alpha value is -3.85. The van der Waals surface area contributed by atoms with Crippen LogP contribution in [0.1, 0.15) is 19.2 Å². The number of hydrogen-bond donors (Lipinski definition) is 1. The van der Waals surface area contributed by atoms with E-state index in [1.165, 1.54) is 26.4 Å². The second kappa shape index (κ2) is 9.56. The Morgan fingerprint density at radius 1 is 0.941 bits per heavy atom. The summed E-state index contributed by atoms with van der Waals surface area (Å²) in [6.07, 6.45) is 1.42. The molecule has 0 radical (unpaired) electrons. The van der Waals surface area contributed by atoms with Crippen LogP contribution in [-0.2, 0) is 16.4 Å². The molecule has 0 aliphatic heterocycles. The van der Waals surface area contributed by atoms with Crippen molar-refractivity contribution < 1.29 is 17.9 Å². The highest BCUT2D eigenvalue weighted by molar-refractivity contribution is 7.92. The lowest BCUT2D eigenvalue weighted by atomic mass is 10.2. The maximum Gasteiger partial charge on any atom is 0.265 e. The number of benzene rings is 3. The number of rotatable bonds is 8. The van der Waals surface area contributed by atoms with E-state index in [1.807, 2.05) is 19.1 Å². The monoisotopic (exact) mass is 479 g/mol. The highest BCUT2D eigenvalue weighted by atomic mass is 32.2. The van der Waals surface area contributed by atoms with Crippen LogP contribution in [0.2, 0.25) is 0 Å². The van der Waals surface area contributed by atoms with E-state index in [4.69, 9.17) is 9.47 Å². The lowest BCUT2D eigenvalue weighted by Gasteiger charge is -2.14. The molecule has 0 aliphatic rings. The minimum Gasteiger partial charge on any atom is -0.493 e. The number of para-hydroxylation sites is 1. The van der Waals surface area contributed by atoms with Gasteiger partial charge in [0.1, 0.15) is 5.82 Å². The predicted molar refractivity (Wildman–Crippen MR) is 132 cm³/mol. The lowest BCUT2D eigenvalue weighted by molar-refractivity contribution is 0.355. The third-order valence-corrected chi connectivity index (χ3v) is 6.76. The highest BCUT2D eigenvalue weighted by Gasteiger charge is 2.17. The van der Waals surface area contributed by atoms with E-state index in [9.17, 15) is 13.2 Å². The Balaban J connectivity index is 1.70. The van der Waals surface area contributed by atoms with Crippen molar-refractivity contribution in [2.75, 3.05) is 18.9 Å². The molecule has 1 heterocycles. The minimum atomic E-state index is -3.87. The molecule has 0 fully saturated rings. The van der Waals surface area contributed by atoms with Gasteiger partial charge in [0.05, 0.1) is 41.4 Å². The molecular formula is C25H25N3O5S. The molecule has 0 atom stereocenters. The molecule has 3 aromatic carbocycles. The van der Waals surface area contributed by atoms with Gasteiger partial charge in [-0.25, -0.2) is 13.4 Å². The molecule has 0 aliphatic carbocycles. The fourth-order valence-corrected chi connectivity index (χ4v) is 4.77. The van der Waals surface area contributed by atoms with Gasteiger partial charge in [-0.05, 0) is 55.0 Å². The number of sulfonamides is 1. The number of fused-ring (bicyclic) bond motifs is 1. The molecule has 0 saturated carbocycles. The van der Waals surface area contributed by atoms with Crippen molar-refractivity contribution >= 4 is 26.6 Å². The standard InChI is InChI=1S/C25H25N3O5S/c1-4-7-24-26-21-9-6-5-8-20(21)25(29)28(24)18-11-13-19(14-12-18)34(30,31)27-17-10-15-22(32-2)23(16-17)33-3/h5-6,8-16,27H,4,7H2,1-3H3. The lowest BCUT2D eigenvalue weighted by Crippen LogP contribution is -2.24. The van der Waals surface area contributed by atoms with Gasteiger partial charge in [0.15, 0.2) is 11.5 Å². The third kappa shape index (κ3) is 4.47. The number of methoxy groups -OCH3 is 2. The van der Waals surface area contributed by atoms with Crippen LogP contribution < -0.4 is 19.8 Å². The van der Waals surface area contributed by atoms with Gasteiger partial charge in [0.2, 0.25) is 0 Å². The van der Waals surface area contributed by atoms with Crippen LogP contribution in [0.5, 0.6) is 11.5 Å². The molecule has 0 saturated heterocycles. The Kier molecular flexibility index (Phi) is 6.56. The summed E-state index contributed by atoms with van der Waals surface area (Å²) >= 11 is 0. The molecule has 176 valence electrons. The summed E-state index contributed by atoms with van der Waals surface area (Å²) in [6, 6.07) is 18.1. The van der Waals surface area contributed by atoms with Crippen molar-refractivity contribution in [1.29, 1.82) is 0 Å². The average molecular weight is 480 g/mol. The topological polar surface area (TPSA) is 99.5 Å². The summed E-state index contributed by atoms with van der Waals surface area (Å²) < 4.78 is 40.4. The highest BCUT2D eigenvalue weighted by Crippen LogP contribution is 2.30. The van der Waals surface area contributed by atoms with Gasteiger partial charge in [-0.3, -0.25) is 14.1 Å². The zero-order valence-electron chi connectivity index (χ0n) is 19.1. The molecule has 0 spiro atoms. The van der Waals surface area contributed by atoms with Gasteiger partial charge >= 0.3 is 0 Å². The van der Waals surface area contributed by atoms with E-state index in [1.54, 1.807) is 47.0 Å². The molecule has 4 aromatic rings. The zero-order chi connectivity index (χ0) is 24.3. The molecule has 0 unspecified atom stereocenters. The third-order valence-electron chi connectivity index (χ3n) is 5.36. The van der Waals surface area contributed by atoms with Crippen molar-refractivity contribution in [1.82, 2.24) is 9.55 Å². The quantitative estimate of drug-likeness (QED) is 0.407. The number of hydrogen-bond acceptors (Lipinski definition) is 6. The first-order valence-electron chi connectivity index (χ1n) is 10.7. The molecular weight excluding hydrogens is 454 g/mol. The minimum absolute atomic E-state index is 0.0601. The van der Waals surface area contributed by atoms with Crippen LogP contribution in [0.15, 0.2) is 76.4 Å². The molecule has 9 heteroatoms. The van der Waals surface area contributed by atoms with Crippen molar-refractivity contribution in [3.05, 3.63) is 82.9 Å². The van der Waals surface area contributed by atoms with Crippen molar-refractivity contribution in [3.63, 3.8) is 0 Å². The average Bonchev–Trinajstić information content (AvgIpc) is 2.84. The molecule has 1 aromatic heterocycles. The Labute approximate surface area is 197 Å². The molecule has 0 amide bonds. The van der Waals surface area contributed by atoms with Gasteiger partial charge < -0.3 is 9.47 Å². The second-order valence-electron chi connectivity index (χ2n) is 7.60. The summed E-state index contributed by atoms with van der Waals surface area (Å²) in [4.78, 5) is 18.0. The van der Waals surface area contributed by atoms with Gasteiger partial charge in [-0.15, -0.1) is 0 Å². The predicted octanol–water partition coefficient (Wildman–Crippen LogP) is 4.16. The first-order valence-corrected chi connectivity index (χ1v) is 12.2. The van der Waals surface area contributed by atoms with Crippen LogP contribution >= 0.6 is 0 Å². The molecule has 0 bridgehead atoms. The van der Waals surface area contributed by atoms with E-state index in [2.05, 4.69) is 9.71 Å². The smallest absolute Gasteiger partial charge is 0.265 e. The number of aromatic nitrogens is 2. The van der Waals surface area contributed by atoms with Gasteiger partial charge in [0.25, 0.3) is 15.6 Å². The fraction of sp³-hybridized carbons (Fsp3) is 0.200. The molecule has 34 heavy (non-hydrogen) atoms. The van der Waals surface area contributed by atoms with Crippen LogP contribution in [0.4, 0.5) is 5.69 Å². The maximum atomic E-state index is 13.2. The SMILES string of the molecule is CCCc1nc2ccccc2c(=O)n1-c1ccc(S(=O)(=O)Nc2ccc(OC)c(OC)c2)cc1. The Morgan fingerprint density at radius 3 is 2.32 bits per heavy atom. The normalized spacial score (nSPS) is 11.4. The number of nitrogens with zero attached hydrogens (tertiary/aromatic N) is 2. The first-order chi connectivity index (χ1) is 16.4. The fourth-order valence-electron chi connectivity index (χ4n) is 3.72. The number of anilines is 1. The van der Waals surface area contributed by atoms with Gasteiger partial charge in [-0.1, -0.05) is 19.1 Å². The van der Waals surface area contributed by atoms with Crippen LogP contribution in [-0.4, -0.2) is 32.2 Å². The second-order valence-corrected chi connectivity index (χ2v) is 9.29. The maximum absolute atomic E-state index is 13.2. The van der Waals surface area contributed by atoms with Gasteiger partial charge in [-0.2, -0.15) is 0 Å². The first kappa shape index (κ1) is 23.3. The van der Waals surface area contributed by atoms with E-state index >= 15 is 0 Å². The van der Waals surface area contributed by atoms with Gasteiger partial charge in [0, 0.05) is 12.5 Å². The summed E-state index contributed by atoms with van der Waals surface area (Å²) in [5.74, 6) is 1.53. The van der Waals surface area contributed by atoms with Crippen LogP contribution in [0.25, 0.3) is 16.6 Å². The number of aryl methyl sites for hydroxylation is 1. The van der Waals surface area contributed by atoms with Crippen molar-refractivity contribution in [3.8, 4) is 17.2 Å². The summed E-state index contributed by atoms with van der Waals surface area (Å²) in [5.41, 5.74) is 1.34. The van der Waals surface area contributed by atoms with Crippen LogP contribution in [0.3, 0.4) is 0 Å². The Morgan fingerprint density at radius 2 is 1.65 bits per heavy atom. The van der Waals surface area contributed by atoms with Crippen molar-refractivity contribution in [2.45, 2.75) is 24.7 Å². The van der Waals surface area contributed by atoms with E-state index in [0.717, 1.165) is 6.42 Å². The summed E-state index contributed by atoms with van der Waals surface area (Å²) in [6.45, 7) is 2.02. The summed E-state index contributed by atoms with van der Waals surface area (Å²) in [7, 11) is -0.888. The van der Waals surface area contributed by atoms with Crippen LogP contribution in [0, 0.1) is 0 Å². The van der Waals surface area contributed by atoms with E-state index < -0.39 is 10.0 Å². The van der Waals surface area contributed by atoms with E-state index in [-0.39, 0.29) is 10.5 Å². The molecule has 8 nitrogen and oxygen atoms in total. The number of nitrogens with one attached hydrogen (secondary N) is 1. The Bertz CT molecular complexity index is 1500. The summed E-state index contributed by atoms with van der Waals surface area (Å²) in [5, 5.41) is 0.508. The van der Waals surface area contributed by atoms with Crippen molar-refractivity contribution in [2.24, 2.45) is 0 Å². The zero-order valence-corrected chi connectivity index (χ0v) is 19.9. The molecule has 4 rings (SSSR count). The number of ether oxygens (including phenoxy) is 2. The molecule has 1 N–H and O–H groups in total.